The first-order chi connectivity index (χ1) is 18.3. The average Bonchev–Trinajstić information content (AvgIpc) is 2.90. The summed E-state index contributed by atoms with van der Waals surface area (Å²) < 4.78 is 23.1. The molecule has 228 valence electrons. The van der Waals surface area contributed by atoms with Gasteiger partial charge in [-0.25, -0.2) is 0 Å². The summed E-state index contributed by atoms with van der Waals surface area (Å²) in [4.78, 5) is 12.3. The van der Waals surface area contributed by atoms with E-state index in [0.29, 0.717) is 0 Å². The van der Waals surface area contributed by atoms with Crippen LogP contribution >= 0.6 is 0 Å². The molecule has 3 rings (SSSR count). The Hall–Kier alpha value is -1.13. The quantitative estimate of drug-likeness (QED) is 0.123. The lowest BCUT2D eigenvalue weighted by molar-refractivity contribution is -0.357. The number of ether oxygens (including phenoxy) is 4. The number of likely N-dealkylation sites (N-methyl/N-ethyl adjacent to an activating group) is 1. The standard InChI is InChI=1S/C22H43N5O12/c1-22(39-21-15(33)13(31)12(30)10(5-24)37-21)6-36-20(16(34)18(22)26-2)38-17-8(27-19(35)9(28)4-23)3-7(25)11(29)14(17)32/h7-18,20-21,26,28-34H,3-6,23-25H2,1-2H3,(H,27,35). The van der Waals surface area contributed by atoms with Crippen molar-refractivity contribution in [3.63, 3.8) is 0 Å². The Morgan fingerprint density at radius 1 is 1.03 bits per heavy atom. The molecule has 0 spiro atoms. The normalized spacial score (nSPS) is 47.9. The predicted octanol–water partition coefficient (Wildman–Crippen LogP) is -7.52. The number of nitrogens with one attached hydrogen (secondary N) is 2. The second-order valence-electron chi connectivity index (χ2n) is 10.5. The molecule has 0 bridgehead atoms. The molecule has 17 heteroatoms. The minimum absolute atomic E-state index is 0.0293. The summed E-state index contributed by atoms with van der Waals surface area (Å²) in [5.41, 5.74) is 15.4. The monoisotopic (exact) mass is 569 g/mol. The van der Waals surface area contributed by atoms with Crippen LogP contribution in [0.2, 0.25) is 0 Å². The van der Waals surface area contributed by atoms with E-state index >= 15 is 0 Å². The Morgan fingerprint density at radius 2 is 1.69 bits per heavy atom. The van der Waals surface area contributed by atoms with Crippen LogP contribution in [0.25, 0.3) is 0 Å². The molecule has 2 aliphatic heterocycles. The molecule has 2 heterocycles. The molecule has 1 saturated carbocycles. The summed E-state index contributed by atoms with van der Waals surface area (Å²) >= 11 is 0. The maximum absolute atomic E-state index is 12.3. The summed E-state index contributed by atoms with van der Waals surface area (Å²) in [6, 6.07) is -2.84. The molecular formula is C22H43N5O12. The average molecular weight is 570 g/mol. The molecule has 1 aliphatic carbocycles. The van der Waals surface area contributed by atoms with Gasteiger partial charge in [0.25, 0.3) is 0 Å². The first-order valence-electron chi connectivity index (χ1n) is 12.8. The highest BCUT2D eigenvalue weighted by Crippen LogP contribution is 2.34. The van der Waals surface area contributed by atoms with Crippen LogP contribution in [-0.2, 0) is 23.7 Å². The van der Waals surface area contributed by atoms with E-state index in [9.17, 15) is 40.5 Å². The zero-order valence-electron chi connectivity index (χ0n) is 21.8. The van der Waals surface area contributed by atoms with Gasteiger partial charge in [-0.05, 0) is 20.4 Å². The van der Waals surface area contributed by atoms with Crippen LogP contribution in [0.3, 0.4) is 0 Å². The smallest absolute Gasteiger partial charge is 0.250 e. The van der Waals surface area contributed by atoms with Crippen molar-refractivity contribution in [2.45, 2.75) is 105 Å². The van der Waals surface area contributed by atoms with E-state index in [0.717, 1.165) is 0 Å². The van der Waals surface area contributed by atoms with Crippen molar-refractivity contribution >= 4 is 5.91 Å². The second kappa shape index (κ2) is 13.2. The first-order valence-corrected chi connectivity index (χ1v) is 12.8. The summed E-state index contributed by atoms with van der Waals surface area (Å²) in [7, 11) is 1.52. The SMILES string of the molecule is CNC1C(O)C(OC2C(NC(=O)C(O)CN)CC(N)C(O)C2O)OCC1(C)OC1OC(CN)C(O)C(O)C1O. The number of aliphatic hydroxyl groups is 7. The van der Waals surface area contributed by atoms with Gasteiger partial charge in [-0.2, -0.15) is 0 Å². The zero-order valence-corrected chi connectivity index (χ0v) is 21.8. The number of carbonyl (C=O) groups excluding carboxylic acids is 1. The molecule has 17 nitrogen and oxygen atoms in total. The fourth-order valence-corrected chi connectivity index (χ4v) is 5.24. The van der Waals surface area contributed by atoms with E-state index in [4.69, 9.17) is 36.1 Å². The van der Waals surface area contributed by atoms with Gasteiger partial charge in [-0.1, -0.05) is 0 Å². The maximum Gasteiger partial charge on any atom is 0.250 e. The minimum Gasteiger partial charge on any atom is -0.389 e. The number of aliphatic hydroxyl groups excluding tert-OH is 7. The lowest BCUT2D eigenvalue weighted by Gasteiger charge is -2.51. The third-order valence-electron chi connectivity index (χ3n) is 7.60. The molecule has 3 aliphatic rings. The molecule has 15 atom stereocenters. The van der Waals surface area contributed by atoms with Crippen LogP contribution in [0.1, 0.15) is 13.3 Å². The molecule has 0 aromatic rings. The van der Waals surface area contributed by atoms with Gasteiger partial charge < -0.3 is 82.5 Å². The van der Waals surface area contributed by atoms with Crippen molar-refractivity contribution in [1.29, 1.82) is 0 Å². The largest absolute Gasteiger partial charge is 0.389 e. The number of nitrogens with two attached hydrogens (primary N) is 3. The van der Waals surface area contributed by atoms with Crippen LogP contribution < -0.4 is 27.8 Å². The van der Waals surface area contributed by atoms with Crippen LogP contribution in [0, 0.1) is 0 Å². The Morgan fingerprint density at radius 3 is 2.28 bits per heavy atom. The molecule has 15 N–H and O–H groups in total. The summed E-state index contributed by atoms with van der Waals surface area (Å²) in [5.74, 6) is -0.833. The number of hydrogen-bond donors (Lipinski definition) is 12. The number of hydrogen-bond acceptors (Lipinski definition) is 16. The van der Waals surface area contributed by atoms with E-state index in [1.54, 1.807) is 6.92 Å². The first kappa shape index (κ1) is 32.4. The van der Waals surface area contributed by atoms with Gasteiger partial charge in [0, 0.05) is 19.1 Å². The van der Waals surface area contributed by atoms with Crippen molar-refractivity contribution in [2.24, 2.45) is 17.2 Å². The molecule has 0 aromatic carbocycles. The van der Waals surface area contributed by atoms with Gasteiger partial charge in [0.2, 0.25) is 5.91 Å². The maximum atomic E-state index is 12.3. The summed E-state index contributed by atoms with van der Waals surface area (Å²) in [6.07, 6.45) is -15.9. The number of carbonyl (C=O) groups is 1. The van der Waals surface area contributed by atoms with Crippen molar-refractivity contribution < 1.29 is 59.5 Å². The Bertz CT molecular complexity index is 815. The highest BCUT2D eigenvalue weighted by molar-refractivity contribution is 5.81. The van der Waals surface area contributed by atoms with Gasteiger partial charge in [-0.15, -0.1) is 0 Å². The number of amides is 1. The van der Waals surface area contributed by atoms with Gasteiger partial charge in [0.05, 0.1) is 24.8 Å². The van der Waals surface area contributed by atoms with E-state index in [1.165, 1.54) is 7.05 Å². The third-order valence-corrected chi connectivity index (χ3v) is 7.60. The van der Waals surface area contributed by atoms with Crippen LogP contribution in [0.4, 0.5) is 0 Å². The van der Waals surface area contributed by atoms with E-state index in [-0.39, 0.29) is 26.1 Å². The fraction of sp³-hybridized carbons (Fsp3) is 0.955. The molecule has 39 heavy (non-hydrogen) atoms. The molecule has 15 unspecified atom stereocenters. The molecule has 3 fully saturated rings. The van der Waals surface area contributed by atoms with Crippen LogP contribution in [-0.4, -0.2) is 160 Å². The van der Waals surface area contributed by atoms with Crippen molar-refractivity contribution in [2.75, 3.05) is 26.7 Å². The van der Waals surface area contributed by atoms with Crippen molar-refractivity contribution in [3.8, 4) is 0 Å². The lowest BCUT2D eigenvalue weighted by atomic mass is 9.83. The minimum atomic E-state index is -1.64. The van der Waals surface area contributed by atoms with Crippen LogP contribution in [0.15, 0.2) is 0 Å². The summed E-state index contributed by atoms with van der Waals surface area (Å²) in [5, 5.41) is 78.0. The highest BCUT2D eigenvalue weighted by Gasteiger charge is 2.54. The Kier molecular flexibility index (Phi) is 11.0. The predicted molar refractivity (Wildman–Crippen MR) is 130 cm³/mol. The number of rotatable bonds is 9. The van der Waals surface area contributed by atoms with Gasteiger partial charge in [0.1, 0.15) is 54.4 Å². The molecule has 0 radical (unpaired) electrons. The van der Waals surface area contributed by atoms with E-state index in [1.807, 2.05) is 0 Å². The van der Waals surface area contributed by atoms with Gasteiger partial charge in [-0.3, -0.25) is 4.79 Å². The Labute approximate surface area is 225 Å². The molecule has 0 aromatic heterocycles. The van der Waals surface area contributed by atoms with E-state index < -0.39 is 97.1 Å². The van der Waals surface area contributed by atoms with Gasteiger partial charge >= 0.3 is 0 Å². The fourth-order valence-electron chi connectivity index (χ4n) is 5.24. The third kappa shape index (κ3) is 6.69. The molecule has 1 amide bonds. The molecule has 2 saturated heterocycles. The highest BCUT2D eigenvalue weighted by atomic mass is 16.7. The summed E-state index contributed by atoms with van der Waals surface area (Å²) in [6.45, 7) is 0.779. The Balaban J connectivity index is 1.75. The van der Waals surface area contributed by atoms with Crippen LogP contribution in [0.5, 0.6) is 0 Å². The zero-order chi connectivity index (χ0) is 29.2. The second-order valence-corrected chi connectivity index (χ2v) is 10.5. The topological polar surface area (TPSA) is 298 Å². The van der Waals surface area contributed by atoms with Crippen molar-refractivity contribution in [3.05, 3.63) is 0 Å². The molecular weight excluding hydrogens is 526 g/mol. The van der Waals surface area contributed by atoms with Crippen molar-refractivity contribution in [1.82, 2.24) is 10.6 Å². The lowest BCUT2D eigenvalue weighted by Crippen LogP contribution is -2.71. The van der Waals surface area contributed by atoms with Gasteiger partial charge in [0.15, 0.2) is 12.6 Å². The van der Waals surface area contributed by atoms with E-state index in [2.05, 4.69) is 10.6 Å².